The molecule has 1 unspecified atom stereocenters. The maximum atomic E-state index is 12.6. The van der Waals surface area contributed by atoms with E-state index >= 15 is 0 Å². The lowest BCUT2D eigenvalue weighted by Crippen LogP contribution is -2.31. The van der Waals surface area contributed by atoms with Gasteiger partial charge in [0.15, 0.2) is 5.78 Å². The first-order chi connectivity index (χ1) is 10.2. The molecule has 0 spiro atoms. The van der Waals surface area contributed by atoms with Gasteiger partial charge >= 0.3 is 0 Å². The van der Waals surface area contributed by atoms with E-state index in [1.807, 2.05) is 74.5 Å². The molecule has 0 bridgehead atoms. The molecule has 0 aliphatic carbocycles. The highest BCUT2D eigenvalue weighted by Crippen LogP contribution is 2.17. The van der Waals surface area contributed by atoms with Crippen molar-refractivity contribution in [2.24, 2.45) is 5.92 Å². The summed E-state index contributed by atoms with van der Waals surface area (Å²) in [4.78, 5) is 12.6. The second-order valence-corrected chi connectivity index (χ2v) is 4.90. The molecule has 0 aliphatic rings. The minimum atomic E-state index is -0.321. The molecule has 2 aromatic rings. The SMILES string of the molecule is C/C=c1/cccc/c1=C(\OC)C(C)C(=O)c1ccccc1. The normalized spacial score (nSPS) is 14.5. The number of ketones is 1. The quantitative estimate of drug-likeness (QED) is 0.805. The number of carbonyl (C=O) groups is 1. The Morgan fingerprint density at radius 2 is 1.67 bits per heavy atom. The molecule has 2 aromatic carbocycles. The third kappa shape index (κ3) is 3.22. The van der Waals surface area contributed by atoms with Gasteiger partial charge in [0.1, 0.15) is 5.76 Å². The lowest BCUT2D eigenvalue weighted by atomic mass is 9.96. The molecule has 0 aliphatic heterocycles. The molecule has 0 saturated carbocycles. The fourth-order valence-corrected chi connectivity index (χ4v) is 2.46. The first-order valence-electron chi connectivity index (χ1n) is 7.08. The van der Waals surface area contributed by atoms with Crippen LogP contribution in [0.5, 0.6) is 0 Å². The largest absolute Gasteiger partial charge is 0.500 e. The Kier molecular flexibility index (Phi) is 4.94. The molecule has 0 N–H and O–H groups in total. The number of hydrogen-bond donors (Lipinski definition) is 0. The number of carbonyl (C=O) groups excluding carboxylic acids is 1. The highest BCUT2D eigenvalue weighted by molar-refractivity contribution is 6.01. The Morgan fingerprint density at radius 3 is 2.29 bits per heavy atom. The van der Waals surface area contributed by atoms with Gasteiger partial charge in [0.25, 0.3) is 0 Å². The molecule has 0 heterocycles. The number of benzene rings is 2. The van der Waals surface area contributed by atoms with Crippen LogP contribution in [0, 0.1) is 5.92 Å². The molecular formula is C19H20O2. The van der Waals surface area contributed by atoms with E-state index in [0.29, 0.717) is 11.3 Å². The van der Waals surface area contributed by atoms with Gasteiger partial charge in [-0.05, 0) is 19.1 Å². The van der Waals surface area contributed by atoms with Gasteiger partial charge in [-0.1, -0.05) is 60.7 Å². The Morgan fingerprint density at radius 1 is 1.05 bits per heavy atom. The van der Waals surface area contributed by atoms with Crippen LogP contribution in [0.2, 0.25) is 0 Å². The molecule has 1 atom stereocenters. The standard InChI is InChI=1S/C19H20O2/c1-4-15-10-8-9-13-17(15)19(21-3)14(2)18(20)16-11-6-5-7-12-16/h4-14H,1-3H3/b15-4-,19-17+. The lowest BCUT2D eigenvalue weighted by molar-refractivity contribution is 0.0940. The Labute approximate surface area is 125 Å². The van der Waals surface area contributed by atoms with E-state index in [0.717, 1.165) is 10.4 Å². The van der Waals surface area contributed by atoms with Crippen molar-refractivity contribution in [1.29, 1.82) is 0 Å². The summed E-state index contributed by atoms with van der Waals surface area (Å²) in [6.45, 7) is 3.87. The zero-order valence-corrected chi connectivity index (χ0v) is 12.7. The van der Waals surface area contributed by atoms with Crippen molar-refractivity contribution < 1.29 is 9.53 Å². The summed E-state index contributed by atoms with van der Waals surface area (Å²) in [6.07, 6.45) is 2.02. The van der Waals surface area contributed by atoms with Gasteiger partial charge in [0.05, 0.1) is 13.0 Å². The number of Topliss-reactive ketones (excluding diaryl/α,β-unsaturated/α-hetero) is 1. The van der Waals surface area contributed by atoms with Crippen molar-refractivity contribution in [2.45, 2.75) is 13.8 Å². The third-order valence-electron chi connectivity index (χ3n) is 3.60. The maximum absolute atomic E-state index is 12.6. The summed E-state index contributed by atoms with van der Waals surface area (Å²) < 4.78 is 5.56. The minimum absolute atomic E-state index is 0.0679. The van der Waals surface area contributed by atoms with Crippen molar-refractivity contribution in [3.8, 4) is 0 Å². The van der Waals surface area contributed by atoms with E-state index in [-0.39, 0.29) is 11.7 Å². The van der Waals surface area contributed by atoms with E-state index in [1.54, 1.807) is 7.11 Å². The van der Waals surface area contributed by atoms with E-state index in [2.05, 4.69) is 0 Å². The van der Waals surface area contributed by atoms with Gasteiger partial charge in [-0.25, -0.2) is 0 Å². The van der Waals surface area contributed by atoms with Crippen molar-refractivity contribution >= 4 is 17.6 Å². The van der Waals surface area contributed by atoms with Crippen LogP contribution in [0.3, 0.4) is 0 Å². The Hall–Kier alpha value is -2.35. The van der Waals surface area contributed by atoms with Crippen LogP contribution in [0.25, 0.3) is 11.8 Å². The van der Waals surface area contributed by atoms with Crippen LogP contribution in [0.1, 0.15) is 24.2 Å². The summed E-state index contributed by atoms with van der Waals surface area (Å²) in [5, 5.41) is 2.04. The fourth-order valence-electron chi connectivity index (χ4n) is 2.46. The molecular weight excluding hydrogens is 260 g/mol. The van der Waals surface area contributed by atoms with E-state index < -0.39 is 0 Å². The predicted molar refractivity (Wildman–Crippen MR) is 86.2 cm³/mol. The highest BCUT2D eigenvalue weighted by atomic mass is 16.5. The van der Waals surface area contributed by atoms with E-state index in [1.165, 1.54) is 0 Å². The summed E-state index contributed by atoms with van der Waals surface area (Å²) in [7, 11) is 1.62. The topological polar surface area (TPSA) is 26.3 Å². The van der Waals surface area contributed by atoms with Crippen LogP contribution < -0.4 is 10.4 Å². The summed E-state index contributed by atoms with van der Waals surface area (Å²) in [5.41, 5.74) is 0.706. The molecule has 0 amide bonds. The molecule has 2 rings (SSSR count). The monoisotopic (exact) mass is 280 g/mol. The molecule has 108 valence electrons. The number of ether oxygens (including phenoxy) is 1. The smallest absolute Gasteiger partial charge is 0.173 e. The van der Waals surface area contributed by atoms with Gasteiger partial charge in [0, 0.05) is 10.8 Å². The maximum Gasteiger partial charge on any atom is 0.173 e. The van der Waals surface area contributed by atoms with Crippen molar-refractivity contribution in [1.82, 2.24) is 0 Å². The predicted octanol–water partition coefficient (Wildman–Crippen LogP) is 2.76. The summed E-state index contributed by atoms with van der Waals surface area (Å²) in [6, 6.07) is 17.3. The van der Waals surface area contributed by atoms with Crippen LogP contribution in [0.15, 0.2) is 54.6 Å². The van der Waals surface area contributed by atoms with E-state index in [4.69, 9.17) is 4.74 Å². The zero-order chi connectivity index (χ0) is 15.2. The summed E-state index contributed by atoms with van der Waals surface area (Å²) in [5.74, 6) is 0.453. The molecule has 0 radical (unpaired) electrons. The third-order valence-corrected chi connectivity index (χ3v) is 3.60. The van der Waals surface area contributed by atoms with Gasteiger partial charge in [-0.15, -0.1) is 0 Å². The van der Waals surface area contributed by atoms with Crippen LogP contribution in [-0.4, -0.2) is 12.9 Å². The minimum Gasteiger partial charge on any atom is -0.500 e. The number of methoxy groups -OCH3 is 1. The average molecular weight is 280 g/mol. The number of hydrogen-bond acceptors (Lipinski definition) is 2. The lowest BCUT2D eigenvalue weighted by Gasteiger charge is -2.14. The molecule has 21 heavy (non-hydrogen) atoms. The van der Waals surface area contributed by atoms with Gasteiger partial charge in [-0.2, -0.15) is 0 Å². The first kappa shape index (κ1) is 15.0. The van der Waals surface area contributed by atoms with Gasteiger partial charge in [0.2, 0.25) is 0 Å². The molecule has 0 saturated heterocycles. The molecule has 2 nitrogen and oxygen atoms in total. The highest BCUT2D eigenvalue weighted by Gasteiger charge is 2.20. The van der Waals surface area contributed by atoms with Crippen molar-refractivity contribution in [3.05, 3.63) is 70.6 Å². The first-order valence-corrected chi connectivity index (χ1v) is 7.08. The van der Waals surface area contributed by atoms with Crippen LogP contribution in [0.4, 0.5) is 0 Å². The van der Waals surface area contributed by atoms with Gasteiger partial charge < -0.3 is 4.74 Å². The average Bonchev–Trinajstić information content (AvgIpc) is 2.56. The molecule has 2 heteroatoms. The molecule has 0 fully saturated rings. The van der Waals surface area contributed by atoms with Crippen molar-refractivity contribution in [2.75, 3.05) is 7.11 Å². The van der Waals surface area contributed by atoms with Gasteiger partial charge in [-0.3, -0.25) is 4.79 Å². The van der Waals surface area contributed by atoms with Crippen molar-refractivity contribution in [3.63, 3.8) is 0 Å². The fraction of sp³-hybridized carbons (Fsp3) is 0.211. The van der Waals surface area contributed by atoms with Crippen LogP contribution >= 0.6 is 0 Å². The number of rotatable bonds is 4. The second-order valence-electron chi connectivity index (χ2n) is 4.90. The molecule has 0 aromatic heterocycles. The second kappa shape index (κ2) is 6.89. The Bertz CT molecular complexity index is 730. The zero-order valence-electron chi connectivity index (χ0n) is 12.7. The van der Waals surface area contributed by atoms with Crippen LogP contribution in [-0.2, 0) is 4.74 Å². The van der Waals surface area contributed by atoms with E-state index in [9.17, 15) is 4.79 Å². The summed E-state index contributed by atoms with van der Waals surface area (Å²) >= 11 is 0. The Balaban J connectivity index is 2.54.